The van der Waals surface area contributed by atoms with E-state index in [2.05, 4.69) is 12.2 Å². The molecule has 0 aromatic heterocycles. The van der Waals surface area contributed by atoms with Crippen LogP contribution in [0.1, 0.15) is 48.5 Å². The Morgan fingerprint density at radius 1 is 1.00 bits per heavy atom. The molecular formula is C22H27NO4. The number of unbranched alkanes of at least 4 members (excludes halogenated alkanes) is 3. The van der Waals surface area contributed by atoms with E-state index in [0.29, 0.717) is 23.6 Å². The van der Waals surface area contributed by atoms with Crippen LogP contribution in [0.3, 0.4) is 0 Å². The van der Waals surface area contributed by atoms with Crippen molar-refractivity contribution in [1.82, 2.24) is 0 Å². The lowest BCUT2D eigenvalue weighted by Gasteiger charge is -2.09. The summed E-state index contributed by atoms with van der Waals surface area (Å²) in [4.78, 5) is 24.0. The summed E-state index contributed by atoms with van der Waals surface area (Å²) in [7, 11) is 0. The van der Waals surface area contributed by atoms with Crippen molar-refractivity contribution in [1.29, 1.82) is 0 Å². The van der Waals surface area contributed by atoms with Crippen LogP contribution in [0.15, 0.2) is 48.5 Å². The highest BCUT2D eigenvalue weighted by Crippen LogP contribution is 2.13. The molecule has 5 heteroatoms. The molecule has 0 heterocycles. The third kappa shape index (κ3) is 7.52. The van der Waals surface area contributed by atoms with E-state index in [1.807, 2.05) is 31.2 Å². The maximum atomic E-state index is 12.0. The van der Waals surface area contributed by atoms with Crippen LogP contribution < -0.4 is 10.1 Å². The number of ether oxygens (including phenoxy) is 2. The average molecular weight is 369 g/mol. The third-order valence-electron chi connectivity index (χ3n) is 3.99. The summed E-state index contributed by atoms with van der Waals surface area (Å²) in [6, 6.07) is 14.2. The van der Waals surface area contributed by atoms with Gasteiger partial charge in [0.15, 0.2) is 6.61 Å². The van der Waals surface area contributed by atoms with Crippen LogP contribution in [-0.2, 0) is 9.53 Å². The van der Waals surface area contributed by atoms with Crippen molar-refractivity contribution in [3.8, 4) is 5.75 Å². The highest BCUT2D eigenvalue weighted by Gasteiger charge is 2.08. The number of carbonyl (C=O) groups excluding carboxylic acids is 2. The van der Waals surface area contributed by atoms with E-state index in [0.717, 1.165) is 31.2 Å². The molecule has 0 fully saturated rings. The number of benzene rings is 2. The van der Waals surface area contributed by atoms with Gasteiger partial charge in [-0.25, -0.2) is 4.79 Å². The van der Waals surface area contributed by atoms with Crippen LogP contribution in [-0.4, -0.2) is 25.1 Å². The first kappa shape index (κ1) is 20.5. The van der Waals surface area contributed by atoms with Gasteiger partial charge in [-0.1, -0.05) is 38.3 Å². The van der Waals surface area contributed by atoms with Crippen molar-refractivity contribution in [2.75, 3.05) is 18.5 Å². The van der Waals surface area contributed by atoms with Crippen LogP contribution in [0.4, 0.5) is 5.69 Å². The fourth-order valence-corrected chi connectivity index (χ4v) is 2.52. The standard InChI is InChI=1S/C22H27NO4/c1-3-4-5-6-14-26-22(25)18-10-12-19(13-11-18)23-21(24)16-27-20-9-7-8-17(2)15-20/h7-13,15H,3-6,14,16H2,1-2H3,(H,23,24). The molecule has 0 aliphatic carbocycles. The van der Waals surface area contributed by atoms with E-state index in [4.69, 9.17) is 9.47 Å². The Morgan fingerprint density at radius 3 is 2.48 bits per heavy atom. The van der Waals surface area contributed by atoms with E-state index >= 15 is 0 Å². The molecule has 1 N–H and O–H groups in total. The third-order valence-corrected chi connectivity index (χ3v) is 3.99. The molecule has 0 bridgehead atoms. The van der Waals surface area contributed by atoms with Gasteiger partial charge in [-0.3, -0.25) is 4.79 Å². The highest BCUT2D eigenvalue weighted by molar-refractivity contribution is 5.93. The van der Waals surface area contributed by atoms with Crippen LogP contribution in [0.5, 0.6) is 5.75 Å². The Hall–Kier alpha value is -2.82. The van der Waals surface area contributed by atoms with Gasteiger partial charge in [-0.2, -0.15) is 0 Å². The van der Waals surface area contributed by atoms with E-state index in [1.165, 1.54) is 0 Å². The molecule has 0 unspecified atom stereocenters. The summed E-state index contributed by atoms with van der Waals surface area (Å²) in [5.74, 6) is 0.0529. The van der Waals surface area contributed by atoms with Crippen molar-refractivity contribution in [3.63, 3.8) is 0 Å². The Balaban J connectivity index is 1.75. The highest BCUT2D eigenvalue weighted by atomic mass is 16.5. The zero-order valence-electron chi connectivity index (χ0n) is 16.0. The minimum Gasteiger partial charge on any atom is -0.484 e. The average Bonchev–Trinajstić information content (AvgIpc) is 2.67. The van der Waals surface area contributed by atoms with Gasteiger partial charge in [0, 0.05) is 5.69 Å². The number of amides is 1. The molecule has 27 heavy (non-hydrogen) atoms. The lowest BCUT2D eigenvalue weighted by atomic mass is 10.2. The van der Waals surface area contributed by atoms with Crippen molar-refractivity contribution in [2.24, 2.45) is 0 Å². The van der Waals surface area contributed by atoms with Gasteiger partial charge in [-0.15, -0.1) is 0 Å². The second kappa shape index (κ2) is 11.0. The van der Waals surface area contributed by atoms with Crippen molar-refractivity contribution < 1.29 is 19.1 Å². The predicted octanol–water partition coefficient (Wildman–Crippen LogP) is 4.75. The molecule has 0 saturated carbocycles. The van der Waals surface area contributed by atoms with Crippen LogP contribution in [0.25, 0.3) is 0 Å². The van der Waals surface area contributed by atoms with Crippen molar-refractivity contribution in [2.45, 2.75) is 39.5 Å². The van der Waals surface area contributed by atoms with Gasteiger partial charge in [0.1, 0.15) is 5.75 Å². The SMILES string of the molecule is CCCCCCOC(=O)c1ccc(NC(=O)COc2cccc(C)c2)cc1. The van der Waals surface area contributed by atoms with E-state index in [9.17, 15) is 9.59 Å². The van der Waals surface area contributed by atoms with Gasteiger partial charge in [-0.05, 0) is 55.3 Å². The predicted molar refractivity (Wildman–Crippen MR) is 106 cm³/mol. The molecule has 5 nitrogen and oxygen atoms in total. The first-order valence-electron chi connectivity index (χ1n) is 9.35. The summed E-state index contributed by atoms with van der Waals surface area (Å²) in [6.07, 6.45) is 4.25. The zero-order chi connectivity index (χ0) is 19.5. The van der Waals surface area contributed by atoms with Gasteiger partial charge < -0.3 is 14.8 Å². The topological polar surface area (TPSA) is 64.6 Å². The minimum atomic E-state index is -0.341. The summed E-state index contributed by atoms with van der Waals surface area (Å²) in [5, 5.41) is 2.74. The minimum absolute atomic E-state index is 0.0784. The smallest absolute Gasteiger partial charge is 0.338 e. The molecule has 2 aromatic carbocycles. The van der Waals surface area contributed by atoms with Crippen LogP contribution >= 0.6 is 0 Å². The second-order valence-corrected chi connectivity index (χ2v) is 6.43. The van der Waals surface area contributed by atoms with Crippen LogP contribution in [0, 0.1) is 6.92 Å². The van der Waals surface area contributed by atoms with Gasteiger partial charge in [0.2, 0.25) is 0 Å². The number of hydrogen-bond donors (Lipinski definition) is 1. The lowest BCUT2D eigenvalue weighted by molar-refractivity contribution is -0.118. The quantitative estimate of drug-likeness (QED) is 0.485. The molecule has 0 atom stereocenters. The first-order chi connectivity index (χ1) is 13.1. The number of hydrogen-bond acceptors (Lipinski definition) is 4. The maximum Gasteiger partial charge on any atom is 0.338 e. The second-order valence-electron chi connectivity index (χ2n) is 6.43. The molecule has 0 spiro atoms. The molecule has 2 aromatic rings. The molecule has 0 saturated heterocycles. The van der Waals surface area contributed by atoms with E-state index in [-0.39, 0.29) is 18.5 Å². The summed E-state index contributed by atoms with van der Waals surface area (Å²) < 4.78 is 10.7. The van der Waals surface area contributed by atoms with Crippen molar-refractivity contribution in [3.05, 3.63) is 59.7 Å². The number of anilines is 1. The molecule has 0 aliphatic heterocycles. The zero-order valence-corrected chi connectivity index (χ0v) is 16.0. The van der Waals surface area contributed by atoms with Crippen LogP contribution in [0.2, 0.25) is 0 Å². The van der Waals surface area contributed by atoms with E-state index < -0.39 is 0 Å². The fraction of sp³-hybridized carbons (Fsp3) is 0.364. The first-order valence-corrected chi connectivity index (χ1v) is 9.35. The van der Waals surface area contributed by atoms with E-state index in [1.54, 1.807) is 24.3 Å². The van der Waals surface area contributed by atoms with Gasteiger partial charge in [0.05, 0.1) is 12.2 Å². The largest absolute Gasteiger partial charge is 0.484 e. The monoisotopic (exact) mass is 369 g/mol. The fourth-order valence-electron chi connectivity index (χ4n) is 2.52. The number of aryl methyl sites for hydroxylation is 1. The molecule has 144 valence electrons. The molecule has 0 aliphatic rings. The maximum absolute atomic E-state index is 12.0. The Bertz CT molecular complexity index is 740. The molecule has 2 rings (SSSR count). The normalized spacial score (nSPS) is 10.3. The summed E-state index contributed by atoms with van der Waals surface area (Å²) >= 11 is 0. The molecule has 1 amide bonds. The van der Waals surface area contributed by atoms with Crippen molar-refractivity contribution >= 4 is 17.6 Å². The molecule has 0 radical (unpaired) electrons. The van der Waals surface area contributed by atoms with Gasteiger partial charge in [0.25, 0.3) is 5.91 Å². The number of rotatable bonds is 10. The number of esters is 1. The number of carbonyl (C=O) groups is 2. The lowest BCUT2D eigenvalue weighted by Crippen LogP contribution is -2.20. The number of nitrogens with one attached hydrogen (secondary N) is 1. The Morgan fingerprint density at radius 2 is 1.78 bits per heavy atom. The Labute approximate surface area is 160 Å². The summed E-state index contributed by atoms with van der Waals surface area (Å²) in [6.45, 7) is 4.46. The molecular weight excluding hydrogens is 342 g/mol. The Kier molecular flexibility index (Phi) is 8.36. The van der Waals surface area contributed by atoms with Gasteiger partial charge >= 0.3 is 5.97 Å². The summed E-state index contributed by atoms with van der Waals surface area (Å²) in [5.41, 5.74) is 2.15.